The topological polar surface area (TPSA) is 54.7 Å². The van der Waals surface area contributed by atoms with Crippen LogP contribution in [-0.2, 0) is 0 Å². The lowest BCUT2D eigenvalue weighted by molar-refractivity contribution is 0.373. The Morgan fingerprint density at radius 3 is 2.63 bits per heavy atom. The smallest absolute Gasteiger partial charge is 0.166 e. The van der Waals surface area contributed by atoms with Gasteiger partial charge in [0.2, 0.25) is 0 Å². The van der Waals surface area contributed by atoms with E-state index in [1.54, 1.807) is 29.7 Å². The summed E-state index contributed by atoms with van der Waals surface area (Å²) >= 11 is 5.08. The van der Waals surface area contributed by atoms with Crippen molar-refractivity contribution in [1.82, 2.24) is 4.98 Å². The van der Waals surface area contributed by atoms with Gasteiger partial charge in [0.15, 0.2) is 11.5 Å². The molecule has 0 unspecified atom stereocenters. The Hall–Kier alpha value is -2.70. The fourth-order valence-electron chi connectivity index (χ4n) is 2.68. The van der Waals surface area contributed by atoms with E-state index in [1.807, 2.05) is 42.5 Å². The van der Waals surface area contributed by atoms with Crippen LogP contribution >= 0.6 is 27.3 Å². The number of para-hydroxylation sites is 1. The minimum atomic E-state index is 0.0653. The first-order valence-corrected chi connectivity index (χ1v) is 9.81. The molecule has 3 aromatic carbocycles. The molecule has 0 spiro atoms. The van der Waals surface area contributed by atoms with Gasteiger partial charge in [-0.1, -0.05) is 28.1 Å². The van der Waals surface area contributed by atoms with Crippen LogP contribution in [-0.4, -0.2) is 23.4 Å². The normalized spacial score (nSPS) is 11.3. The second kappa shape index (κ2) is 7.50. The van der Waals surface area contributed by atoms with E-state index in [-0.39, 0.29) is 5.75 Å². The number of rotatable bonds is 4. The molecule has 4 rings (SSSR count). The van der Waals surface area contributed by atoms with E-state index in [4.69, 9.17) is 4.74 Å². The first-order chi connectivity index (χ1) is 13.1. The van der Waals surface area contributed by atoms with Gasteiger partial charge < -0.3 is 9.84 Å². The zero-order chi connectivity index (χ0) is 18.8. The SMILES string of the molecule is COc1cc(Br)cc(C=Nc2ccc(-c3nc4ccccc4s3)cc2)c1O. The summed E-state index contributed by atoms with van der Waals surface area (Å²) < 4.78 is 7.15. The number of aliphatic imine (C=N–C) groups is 1. The van der Waals surface area contributed by atoms with Crippen LogP contribution in [0.3, 0.4) is 0 Å². The number of halogens is 1. The lowest BCUT2D eigenvalue weighted by Crippen LogP contribution is -1.89. The molecule has 134 valence electrons. The van der Waals surface area contributed by atoms with Crippen molar-refractivity contribution in [1.29, 1.82) is 0 Å². The summed E-state index contributed by atoms with van der Waals surface area (Å²) in [6.45, 7) is 0. The van der Waals surface area contributed by atoms with Crippen LogP contribution in [0.15, 0.2) is 70.1 Å². The molecule has 0 atom stereocenters. The van der Waals surface area contributed by atoms with E-state index in [2.05, 4.69) is 32.0 Å². The third-order valence-electron chi connectivity index (χ3n) is 4.05. The van der Waals surface area contributed by atoms with Gasteiger partial charge in [-0.2, -0.15) is 0 Å². The predicted molar refractivity (Wildman–Crippen MR) is 115 cm³/mol. The average Bonchev–Trinajstić information content (AvgIpc) is 3.13. The lowest BCUT2D eigenvalue weighted by atomic mass is 10.2. The fraction of sp³-hybridized carbons (Fsp3) is 0.0476. The number of fused-ring (bicyclic) bond motifs is 1. The second-order valence-electron chi connectivity index (χ2n) is 5.84. The molecule has 0 radical (unpaired) electrons. The van der Waals surface area contributed by atoms with Gasteiger partial charge in [0, 0.05) is 21.8 Å². The molecule has 0 fully saturated rings. The third-order valence-corrected chi connectivity index (χ3v) is 5.59. The van der Waals surface area contributed by atoms with Gasteiger partial charge in [-0.3, -0.25) is 4.99 Å². The maximum atomic E-state index is 10.2. The van der Waals surface area contributed by atoms with Crippen LogP contribution in [0.5, 0.6) is 11.5 Å². The van der Waals surface area contributed by atoms with E-state index in [0.717, 1.165) is 26.2 Å². The van der Waals surface area contributed by atoms with Crippen molar-refractivity contribution in [2.24, 2.45) is 4.99 Å². The number of nitrogens with zero attached hydrogens (tertiary/aromatic N) is 2. The van der Waals surface area contributed by atoms with E-state index in [0.29, 0.717) is 11.3 Å². The Labute approximate surface area is 168 Å². The summed E-state index contributed by atoms with van der Waals surface area (Å²) in [5.41, 5.74) is 3.44. The Balaban J connectivity index is 1.59. The van der Waals surface area contributed by atoms with Crippen LogP contribution < -0.4 is 4.74 Å². The summed E-state index contributed by atoms with van der Waals surface area (Å²) in [5, 5.41) is 11.2. The summed E-state index contributed by atoms with van der Waals surface area (Å²) in [4.78, 5) is 9.13. The number of methoxy groups -OCH3 is 1. The Bertz CT molecular complexity index is 1100. The predicted octanol–water partition coefficient (Wildman–Crippen LogP) is 6.19. The monoisotopic (exact) mass is 438 g/mol. The molecular weight excluding hydrogens is 424 g/mol. The summed E-state index contributed by atoms with van der Waals surface area (Å²) in [6.07, 6.45) is 1.62. The minimum Gasteiger partial charge on any atom is -0.504 e. The number of aromatic hydroxyl groups is 1. The number of thiazole rings is 1. The molecule has 1 aromatic heterocycles. The number of hydrogen-bond acceptors (Lipinski definition) is 5. The van der Waals surface area contributed by atoms with Gasteiger partial charge in [-0.25, -0.2) is 4.98 Å². The van der Waals surface area contributed by atoms with Crippen LogP contribution in [0, 0.1) is 0 Å². The van der Waals surface area contributed by atoms with Gasteiger partial charge in [0.25, 0.3) is 0 Å². The molecule has 0 aliphatic rings. The molecule has 0 amide bonds. The maximum Gasteiger partial charge on any atom is 0.166 e. The van der Waals surface area contributed by atoms with Crippen LogP contribution in [0.1, 0.15) is 5.56 Å². The van der Waals surface area contributed by atoms with Gasteiger partial charge in [0.1, 0.15) is 5.01 Å². The summed E-state index contributed by atoms with van der Waals surface area (Å²) in [5.74, 6) is 0.465. The van der Waals surface area contributed by atoms with Gasteiger partial charge in [0.05, 0.1) is 23.0 Å². The number of hydrogen-bond donors (Lipinski definition) is 1. The number of phenolic OH excluding ortho intramolecular Hbond substituents is 1. The van der Waals surface area contributed by atoms with E-state index < -0.39 is 0 Å². The highest BCUT2D eigenvalue weighted by atomic mass is 79.9. The average molecular weight is 439 g/mol. The Morgan fingerprint density at radius 1 is 1.11 bits per heavy atom. The van der Waals surface area contributed by atoms with Crippen molar-refractivity contribution in [3.05, 3.63) is 70.7 Å². The van der Waals surface area contributed by atoms with Crippen LogP contribution in [0.2, 0.25) is 0 Å². The molecule has 0 saturated heterocycles. The highest BCUT2D eigenvalue weighted by Crippen LogP contribution is 2.33. The van der Waals surface area contributed by atoms with Crippen molar-refractivity contribution in [3.63, 3.8) is 0 Å². The van der Waals surface area contributed by atoms with E-state index in [1.165, 1.54) is 11.8 Å². The highest BCUT2D eigenvalue weighted by molar-refractivity contribution is 9.10. The van der Waals surface area contributed by atoms with Crippen molar-refractivity contribution < 1.29 is 9.84 Å². The number of phenols is 1. The zero-order valence-corrected chi connectivity index (χ0v) is 16.8. The molecule has 1 heterocycles. The molecule has 4 nitrogen and oxygen atoms in total. The first-order valence-electron chi connectivity index (χ1n) is 8.20. The zero-order valence-electron chi connectivity index (χ0n) is 14.4. The van der Waals surface area contributed by atoms with E-state index in [9.17, 15) is 5.11 Å². The molecule has 0 aliphatic heterocycles. The van der Waals surface area contributed by atoms with Gasteiger partial charge in [-0.05, 0) is 48.5 Å². The Morgan fingerprint density at radius 2 is 1.89 bits per heavy atom. The quantitative estimate of drug-likeness (QED) is 0.386. The van der Waals surface area contributed by atoms with Gasteiger partial charge >= 0.3 is 0 Å². The second-order valence-corrected chi connectivity index (χ2v) is 7.78. The molecule has 0 aliphatic carbocycles. The fourth-order valence-corrected chi connectivity index (χ4v) is 4.10. The van der Waals surface area contributed by atoms with Gasteiger partial charge in [-0.15, -0.1) is 11.3 Å². The molecule has 27 heavy (non-hydrogen) atoms. The molecular formula is C21H15BrN2O2S. The molecule has 0 bridgehead atoms. The van der Waals surface area contributed by atoms with Crippen molar-refractivity contribution in [2.75, 3.05) is 7.11 Å². The highest BCUT2D eigenvalue weighted by Gasteiger charge is 2.08. The largest absolute Gasteiger partial charge is 0.504 e. The first kappa shape index (κ1) is 17.7. The molecule has 1 N–H and O–H groups in total. The third kappa shape index (κ3) is 3.72. The maximum absolute atomic E-state index is 10.2. The lowest BCUT2D eigenvalue weighted by Gasteiger charge is -2.06. The molecule has 0 saturated carbocycles. The van der Waals surface area contributed by atoms with E-state index >= 15 is 0 Å². The van der Waals surface area contributed by atoms with Crippen LogP contribution in [0.25, 0.3) is 20.8 Å². The number of benzene rings is 3. The number of ether oxygens (including phenoxy) is 1. The Kier molecular flexibility index (Phi) is 4.92. The van der Waals surface area contributed by atoms with Crippen molar-refractivity contribution in [3.8, 4) is 22.1 Å². The number of aromatic nitrogens is 1. The minimum absolute atomic E-state index is 0.0653. The van der Waals surface area contributed by atoms with Crippen LogP contribution in [0.4, 0.5) is 5.69 Å². The van der Waals surface area contributed by atoms with Crippen molar-refractivity contribution >= 4 is 49.4 Å². The van der Waals surface area contributed by atoms with Crippen molar-refractivity contribution in [2.45, 2.75) is 0 Å². The molecule has 4 aromatic rings. The summed E-state index contributed by atoms with van der Waals surface area (Å²) in [7, 11) is 1.52. The standard InChI is InChI=1S/C21H15BrN2O2S/c1-26-18-11-15(22)10-14(20(18)25)12-23-16-8-6-13(7-9-16)21-24-17-4-2-3-5-19(17)27-21/h2-12,25H,1H3. The molecule has 6 heteroatoms. The summed E-state index contributed by atoms with van der Waals surface area (Å²) in [6, 6.07) is 19.5.